The van der Waals surface area contributed by atoms with Crippen LogP contribution in [-0.2, 0) is 14.3 Å². The van der Waals surface area contributed by atoms with Gasteiger partial charge in [0.05, 0.1) is 0 Å². The Bertz CT molecular complexity index is 254. The summed E-state index contributed by atoms with van der Waals surface area (Å²) in [6.07, 6.45) is 8.99. The summed E-state index contributed by atoms with van der Waals surface area (Å²) < 4.78 is 5.30. The van der Waals surface area contributed by atoms with Crippen molar-refractivity contribution >= 4 is 11.9 Å². The topological polar surface area (TPSA) is 55.4 Å². The lowest BCUT2D eigenvalue weighted by Gasteiger charge is -2.16. The van der Waals surface area contributed by atoms with Gasteiger partial charge in [-0.3, -0.25) is 9.59 Å². The number of nitrogens with one attached hydrogen (secondary N) is 1. The van der Waals surface area contributed by atoms with Gasteiger partial charge in [0, 0.05) is 20.4 Å². The molecule has 0 spiro atoms. The highest BCUT2D eigenvalue weighted by atomic mass is 16.5. The Morgan fingerprint density at radius 1 is 1.05 bits per heavy atom. The van der Waals surface area contributed by atoms with Crippen LogP contribution in [0.15, 0.2) is 0 Å². The second kappa shape index (κ2) is 12.0. The fourth-order valence-corrected chi connectivity index (χ4v) is 2.09. The molecule has 0 saturated heterocycles. The van der Waals surface area contributed by atoms with Gasteiger partial charge in [-0.15, -0.1) is 0 Å². The Morgan fingerprint density at radius 3 is 2.26 bits per heavy atom. The molecule has 0 fully saturated rings. The SMILES string of the molecule is CCCCCCCC(CCCC(=O)NC)OC(C)=O. The Kier molecular flexibility index (Phi) is 11.3. The van der Waals surface area contributed by atoms with Crippen LogP contribution in [0.25, 0.3) is 0 Å². The highest BCUT2D eigenvalue weighted by Crippen LogP contribution is 2.14. The van der Waals surface area contributed by atoms with E-state index < -0.39 is 0 Å². The lowest BCUT2D eigenvalue weighted by atomic mass is 10.0. The van der Waals surface area contributed by atoms with Gasteiger partial charge in [0.1, 0.15) is 6.10 Å². The van der Waals surface area contributed by atoms with E-state index in [0.29, 0.717) is 6.42 Å². The molecule has 1 unspecified atom stereocenters. The standard InChI is InChI=1S/C15H29NO3/c1-4-5-6-7-8-10-14(19-13(2)17)11-9-12-15(18)16-3/h14H,4-12H2,1-3H3,(H,16,18). The van der Waals surface area contributed by atoms with E-state index in [0.717, 1.165) is 25.7 Å². The number of ether oxygens (including phenoxy) is 1. The molecule has 112 valence electrons. The van der Waals surface area contributed by atoms with Gasteiger partial charge in [-0.05, 0) is 25.7 Å². The minimum absolute atomic E-state index is 0.0243. The lowest BCUT2D eigenvalue weighted by molar-refractivity contribution is -0.147. The number of hydrogen-bond donors (Lipinski definition) is 1. The molecule has 0 aromatic rings. The fourth-order valence-electron chi connectivity index (χ4n) is 2.09. The quantitative estimate of drug-likeness (QED) is 0.464. The van der Waals surface area contributed by atoms with Crippen molar-refractivity contribution in [1.82, 2.24) is 5.32 Å². The summed E-state index contributed by atoms with van der Waals surface area (Å²) in [6, 6.07) is 0. The zero-order valence-corrected chi connectivity index (χ0v) is 12.7. The van der Waals surface area contributed by atoms with Gasteiger partial charge in [-0.1, -0.05) is 32.6 Å². The monoisotopic (exact) mass is 271 g/mol. The highest BCUT2D eigenvalue weighted by molar-refractivity contribution is 5.75. The predicted octanol–water partition coefficient (Wildman–Crippen LogP) is 3.19. The summed E-state index contributed by atoms with van der Waals surface area (Å²) in [4.78, 5) is 22.2. The van der Waals surface area contributed by atoms with Crippen molar-refractivity contribution in [3.63, 3.8) is 0 Å². The molecule has 4 nitrogen and oxygen atoms in total. The first-order valence-electron chi connectivity index (χ1n) is 7.48. The van der Waals surface area contributed by atoms with Crippen LogP contribution in [0.4, 0.5) is 0 Å². The van der Waals surface area contributed by atoms with Gasteiger partial charge < -0.3 is 10.1 Å². The van der Waals surface area contributed by atoms with E-state index in [9.17, 15) is 9.59 Å². The predicted molar refractivity (Wildman–Crippen MR) is 76.8 cm³/mol. The average molecular weight is 271 g/mol. The zero-order chi connectivity index (χ0) is 14.5. The molecule has 1 N–H and O–H groups in total. The molecule has 0 saturated carbocycles. The number of unbranched alkanes of at least 4 members (excludes halogenated alkanes) is 4. The highest BCUT2D eigenvalue weighted by Gasteiger charge is 2.12. The van der Waals surface area contributed by atoms with Crippen molar-refractivity contribution in [2.24, 2.45) is 0 Å². The third kappa shape index (κ3) is 11.7. The molecule has 0 bridgehead atoms. The normalized spacial score (nSPS) is 11.9. The van der Waals surface area contributed by atoms with Gasteiger partial charge in [0.15, 0.2) is 0 Å². The van der Waals surface area contributed by atoms with Gasteiger partial charge in [-0.2, -0.15) is 0 Å². The maximum atomic E-state index is 11.1. The summed E-state index contributed by atoms with van der Waals surface area (Å²) in [6.45, 7) is 3.64. The number of amides is 1. The Hall–Kier alpha value is -1.06. The van der Waals surface area contributed by atoms with Crippen molar-refractivity contribution in [3.05, 3.63) is 0 Å². The van der Waals surface area contributed by atoms with Crippen molar-refractivity contribution in [1.29, 1.82) is 0 Å². The van der Waals surface area contributed by atoms with E-state index >= 15 is 0 Å². The second-order valence-electron chi connectivity index (χ2n) is 5.00. The Labute approximate surface area is 117 Å². The van der Waals surface area contributed by atoms with Crippen LogP contribution in [0.3, 0.4) is 0 Å². The van der Waals surface area contributed by atoms with Gasteiger partial charge in [0.2, 0.25) is 5.91 Å². The molecular formula is C15H29NO3. The first-order chi connectivity index (χ1) is 9.10. The van der Waals surface area contributed by atoms with E-state index in [1.807, 2.05) is 0 Å². The molecule has 0 aliphatic carbocycles. The Morgan fingerprint density at radius 2 is 1.68 bits per heavy atom. The number of hydrogen-bond acceptors (Lipinski definition) is 3. The smallest absolute Gasteiger partial charge is 0.302 e. The van der Waals surface area contributed by atoms with Gasteiger partial charge >= 0.3 is 5.97 Å². The average Bonchev–Trinajstić information content (AvgIpc) is 2.37. The zero-order valence-electron chi connectivity index (χ0n) is 12.7. The van der Waals surface area contributed by atoms with E-state index in [4.69, 9.17) is 4.74 Å². The minimum atomic E-state index is -0.224. The van der Waals surface area contributed by atoms with Crippen LogP contribution in [-0.4, -0.2) is 25.0 Å². The van der Waals surface area contributed by atoms with Crippen LogP contribution < -0.4 is 5.32 Å². The van der Waals surface area contributed by atoms with E-state index in [1.54, 1.807) is 7.05 Å². The molecule has 19 heavy (non-hydrogen) atoms. The lowest BCUT2D eigenvalue weighted by Crippen LogP contribution is -2.20. The molecule has 0 rings (SSSR count). The van der Waals surface area contributed by atoms with Crippen LogP contribution in [0.5, 0.6) is 0 Å². The van der Waals surface area contributed by atoms with Crippen LogP contribution in [0.1, 0.15) is 71.6 Å². The molecular weight excluding hydrogens is 242 g/mol. The van der Waals surface area contributed by atoms with Gasteiger partial charge in [-0.25, -0.2) is 0 Å². The summed E-state index contributed by atoms with van der Waals surface area (Å²) in [5.41, 5.74) is 0. The Balaban J connectivity index is 3.81. The summed E-state index contributed by atoms with van der Waals surface area (Å²) in [5, 5.41) is 2.60. The molecule has 1 amide bonds. The molecule has 0 radical (unpaired) electrons. The third-order valence-electron chi connectivity index (χ3n) is 3.17. The van der Waals surface area contributed by atoms with E-state index in [1.165, 1.54) is 32.6 Å². The first kappa shape index (κ1) is 17.9. The third-order valence-corrected chi connectivity index (χ3v) is 3.17. The number of esters is 1. The molecule has 0 aliphatic rings. The van der Waals surface area contributed by atoms with Gasteiger partial charge in [0.25, 0.3) is 0 Å². The summed E-state index contributed by atoms with van der Waals surface area (Å²) >= 11 is 0. The van der Waals surface area contributed by atoms with Crippen molar-refractivity contribution in [3.8, 4) is 0 Å². The minimum Gasteiger partial charge on any atom is -0.463 e. The maximum absolute atomic E-state index is 11.1. The maximum Gasteiger partial charge on any atom is 0.302 e. The second-order valence-corrected chi connectivity index (χ2v) is 5.00. The molecule has 0 aromatic carbocycles. The fraction of sp³-hybridized carbons (Fsp3) is 0.867. The number of carbonyl (C=O) groups is 2. The van der Waals surface area contributed by atoms with Crippen molar-refractivity contribution in [2.75, 3.05) is 7.05 Å². The number of rotatable bonds is 11. The summed E-state index contributed by atoms with van der Waals surface area (Å²) in [7, 11) is 1.64. The van der Waals surface area contributed by atoms with E-state index in [-0.39, 0.29) is 18.0 Å². The molecule has 0 aliphatic heterocycles. The number of carbonyl (C=O) groups excluding carboxylic acids is 2. The van der Waals surface area contributed by atoms with Crippen molar-refractivity contribution in [2.45, 2.75) is 77.7 Å². The summed E-state index contributed by atoms with van der Waals surface area (Å²) in [5.74, 6) is -0.178. The van der Waals surface area contributed by atoms with Crippen LogP contribution >= 0.6 is 0 Å². The molecule has 4 heteroatoms. The largest absolute Gasteiger partial charge is 0.463 e. The molecule has 1 atom stereocenters. The van der Waals surface area contributed by atoms with Crippen LogP contribution in [0.2, 0.25) is 0 Å². The van der Waals surface area contributed by atoms with E-state index in [2.05, 4.69) is 12.2 Å². The van der Waals surface area contributed by atoms with Crippen molar-refractivity contribution < 1.29 is 14.3 Å². The molecule has 0 heterocycles. The first-order valence-corrected chi connectivity index (χ1v) is 7.48. The van der Waals surface area contributed by atoms with Crippen LogP contribution in [0, 0.1) is 0 Å². The molecule has 0 aromatic heterocycles.